The minimum atomic E-state index is -2.09. The van der Waals surface area contributed by atoms with Crippen molar-refractivity contribution in [2.45, 2.75) is 72.6 Å². The van der Waals surface area contributed by atoms with Crippen LogP contribution < -0.4 is 9.75 Å². The first kappa shape index (κ1) is 37.8. The van der Waals surface area contributed by atoms with Gasteiger partial charge in [0.05, 0.1) is 19.9 Å². The van der Waals surface area contributed by atoms with Crippen molar-refractivity contribution in [2.24, 2.45) is 0 Å². The van der Waals surface area contributed by atoms with E-state index in [1.807, 2.05) is 36.5 Å². The Labute approximate surface area is 367 Å². The molecule has 0 bridgehead atoms. The molecule has 299 valence electrons. The van der Waals surface area contributed by atoms with Crippen LogP contribution in [-0.4, -0.2) is 22.6 Å². The van der Waals surface area contributed by atoms with Gasteiger partial charge in [-0.15, -0.1) is 53.6 Å². The van der Waals surface area contributed by atoms with Crippen LogP contribution in [0.15, 0.2) is 144 Å². The van der Waals surface area contributed by atoms with Crippen molar-refractivity contribution in [3.63, 3.8) is 0 Å². The summed E-state index contributed by atoms with van der Waals surface area (Å²) in [7, 11) is -1.45. The third-order valence-corrected chi connectivity index (χ3v) is 12.6. The number of aryl methyl sites for hydroxylation is 1. The molecule has 0 aliphatic heterocycles. The summed E-state index contributed by atoms with van der Waals surface area (Å²) in [6.45, 7) is 15.9. The Hall–Kier alpha value is -5.46. The van der Waals surface area contributed by atoms with Gasteiger partial charge in [0.1, 0.15) is 22.3 Å². The van der Waals surface area contributed by atoms with Gasteiger partial charge in [-0.1, -0.05) is 118 Å². The second-order valence-corrected chi connectivity index (χ2v) is 22.2. The average Bonchev–Trinajstić information content (AvgIpc) is 3.82. The Morgan fingerprint density at radius 3 is 2.22 bits per heavy atom. The third kappa shape index (κ3) is 8.38. The summed E-state index contributed by atoms with van der Waals surface area (Å²) in [5.74, 6) is 1.24. The Bertz CT molecular complexity index is 3000. The fourth-order valence-electron chi connectivity index (χ4n) is 7.61. The van der Waals surface area contributed by atoms with Gasteiger partial charge in [-0.05, 0) is 84.6 Å². The summed E-state index contributed by atoms with van der Waals surface area (Å²) in [5, 5.41) is 3.55. The van der Waals surface area contributed by atoms with Crippen molar-refractivity contribution in [2.75, 3.05) is 0 Å². The zero-order valence-corrected chi connectivity index (χ0v) is 38.3. The Morgan fingerprint density at radius 1 is 0.814 bits per heavy atom. The molecule has 0 saturated carbocycles. The number of fused-ring (bicyclic) bond motifs is 4. The van der Waals surface area contributed by atoms with Crippen LogP contribution in [0.4, 0.5) is 0 Å². The maximum atomic E-state index is 7.44. The van der Waals surface area contributed by atoms with Crippen LogP contribution in [-0.2, 0) is 25.6 Å². The Morgan fingerprint density at radius 2 is 1.54 bits per heavy atom. The molecule has 1 radical (unpaired) electrons. The van der Waals surface area contributed by atoms with Gasteiger partial charge < -0.3 is 9.40 Å². The second-order valence-electron chi connectivity index (χ2n) is 17.2. The number of aromatic nitrogens is 4. The number of pyridine rings is 2. The van der Waals surface area contributed by atoms with E-state index >= 15 is 0 Å². The summed E-state index contributed by atoms with van der Waals surface area (Å²) < 4.78 is 33.3. The average molecular weight is 971 g/mol. The number of benzene rings is 5. The van der Waals surface area contributed by atoms with Crippen molar-refractivity contribution in [3.8, 4) is 39.5 Å². The molecule has 7 heteroatoms. The molecule has 5 aromatic carbocycles. The summed E-state index contributed by atoms with van der Waals surface area (Å²) in [6.07, 6.45) is 4.14. The van der Waals surface area contributed by atoms with E-state index in [1.165, 1.54) is 21.9 Å². The zero-order valence-electron chi connectivity index (χ0n) is 37.9. The van der Waals surface area contributed by atoms with E-state index in [0.717, 1.165) is 61.4 Å². The van der Waals surface area contributed by atoms with E-state index in [2.05, 4.69) is 166 Å². The Kier molecular flexibility index (Phi) is 10.7. The molecule has 5 nitrogen and oxygen atoms in total. The molecule has 0 fully saturated rings. The predicted octanol–water partition coefficient (Wildman–Crippen LogP) is 12.6. The van der Waals surface area contributed by atoms with Gasteiger partial charge >= 0.3 is 5.65 Å². The van der Waals surface area contributed by atoms with Gasteiger partial charge in [-0.25, -0.2) is 14.1 Å². The maximum Gasteiger partial charge on any atom is 0.305 e. The first-order chi connectivity index (χ1) is 29.0. The predicted molar refractivity (Wildman–Crippen MR) is 244 cm³/mol. The number of furan rings is 1. The molecule has 0 saturated heterocycles. The van der Waals surface area contributed by atoms with Crippen LogP contribution in [0.25, 0.3) is 72.6 Å². The number of hydrogen-bond donors (Lipinski definition) is 0. The number of para-hydroxylation sites is 1. The van der Waals surface area contributed by atoms with Gasteiger partial charge in [0.15, 0.2) is 5.82 Å². The second kappa shape index (κ2) is 16.7. The van der Waals surface area contributed by atoms with Gasteiger partial charge in [-0.2, -0.15) is 0 Å². The number of hydrogen-bond acceptors (Lipinski definition) is 3. The molecule has 0 aliphatic rings. The first-order valence-electron chi connectivity index (χ1n) is 21.4. The van der Waals surface area contributed by atoms with Crippen molar-refractivity contribution < 1.29 is 33.2 Å². The van der Waals surface area contributed by atoms with Crippen LogP contribution in [0.5, 0.6) is 0 Å². The first-order valence-corrected chi connectivity index (χ1v) is 23.4. The fraction of sp³-hybridized carbons (Fsp3) is 0.212. The summed E-state index contributed by atoms with van der Waals surface area (Å²) in [5.41, 5.74) is 11.1. The van der Waals surface area contributed by atoms with E-state index in [1.54, 1.807) is 18.2 Å². The summed E-state index contributed by atoms with van der Waals surface area (Å²) >= 11 is 0. The molecule has 0 unspecified atom stereocenters. The van der Waals surface area contributed by atoms with E-state index in [4.69, 9.17) is 13.5 Å². The molecule has 4 aromatic heterocycles. The molecule has 9 aromatic rings. The summed E-state index contributed by atoms with van der Waals surface area (Å²) in [4.78, 5) is 9.80. The van der Waals surface area contributed by atoms with Gasteiger partial charge in [0.25, 0.3) is 0 Å². The van der Waals surface area contributed by atoms with Crippen LogP contribution >= 0.6 is 0 Å². The smallest absolute Gasteiger partial charge is 0.305 e. The van der Waals surface area contributed by atoms with E-state index in [0.29, 0.717) is 11.5 Å². The SMILES string of the molecule is CC(C)(C)[n+]1cccc2nc(-c3[c-]ccc4c3oc3ccccc34)n(-c3ccc(-c4ccccc4)cc3)c21.[2H]C([2H])([2H])c1c[c-]c(-c2cc(C(C)C)c([Si](C)(C)C)cn2)cc1.[Ir]. The van der Waals surface area contributed by atoms with Gasteiger partial charge in [0, 0.05) is 35.8 Å². The molecular formula is C52H51IrN4OSi-. The van der Waals surface area contributed by atoms with Gasteiger partial charge in [0.2, 0.25) is 0 Å². The number of rotatable bonds is 6. The van der Waals surface area contributed by atoms with E-state index in [9.17, 15) is 0 Å². The molecule has 0 aliphatic carbocycles. The van der Waals surface area contributed by atoms with Crippen LogP contribution in [0.2, 0.25) is 19.6 Å². The van der Waals surface area contributed by atoms with Crippen LogP contribution in [0.1, 0.15) is 55.8 Å². The molecule has 0 amide bonds. The molecule has 0 atom stereocenters. The minimum Gasteiger partial charge on any atom is -0.500 e. The van der Waals surface area contributed by atoms with Crippen molar-refractivity contribution in [1.29, 1.82) is 0 Å². The van der Waals surface area contributed by atoms with Crippen molar-refractivity contribution >= 4 is 46.4 Å². The normalized spacial score (nSPS) is 12.8. The molecular weight excluding hydrogens is 917 g/mol. The monoisotopic (exact) mass is 971 g/mol. The zero-order chi connectivity index (χ0) is 43.3. The van der Waals surface area contributed by atoms with Crippen molar-refractivity contribution in [3.05, 3.63) is 163 Å². The topological polar surface area (TPSA) is 47.7 Å². The fourth-order valence-corrected chi connectivity index (χ4v) is 9.29. The van der Waals surface area contributed by atoms with Crippen LogP contribution in [0.3, 0.4) is 0 Å². The Balaban J connectivity index is 0.000000208. The molecule has 4 heterocycles. The molecule has 59 heavy (non-hydrogen) atoms. The van der Waals surface area contributed by atoms with Crippen molar-refractivity contribution in [1.82, 2.24) is 14.5 Å². The third-order valence-electron chi connectivity index (χ3n) is 10.6. The summed E-state index contributed by atoms with van der Waals surface area (Å²) in [6, 6.07) is 49.2. The quantitative estimate of drug-likeness (QED) is 0.0948. The maximum absolute atomic E-state index is 7.44. The standard InChI is InChI=1S/C34H27N3O.C18H24NSi.Ir/c1-34(2,3)36-22-10-16-29-33(36)37(25-20-18-24(19-21-25)23-11-5-4-6-12-23)32(35-29)28-15-9-14-27-26-13-7-8-17-30(26)38-31(27)28;1-13(2)16-11-17(15-9-7-14(3)8-10-15)19-12-18(16)20(4,5)6;/h4-14,16-22H,1-3H3;7-9,11-13H,1-6H3;/q;-1;/i;3D3;. The molecule has 9 rings (SSSR count). The minimum absolute atomic E-state index is 0. The van der Waals surface area contributed by atoms with E-state index < -0.39 is 14.9 Å². The number of nitrogens with zero attached hydrogens (tertiary/aromatic N) is 4. The van der Waals surface area contributed by atoms with E-state index in [-0.39, 0.29) is 25.6 Å². The number of imidazole rings is 1. The largest absolute Gasteiger partial charge is 0.500 e. The molecule has 0 spiro atoms. The molecule has 0 N–H and O–H groups in total. The van der Waals surface area contributed by atoms with Gasteiger partial charge in [-0.3, -0.25) is 0 Å². The van der Waals surface area contributed by atoms with Crippen LogP contribution in [0, 0.1) is 19.0 Å².